The van der Waals surface area contributed by atoms with Crippen LogP contribution in [0.2, 0.25) is 0 Å². The van der Waals surface area contributed by atoms with Gasteiger partial charge >= 0.3 is 0 Å². The summed E-state index contributed by atoms with van der Waals surface area (Å²) < 4.78 is 35.2. The van der Waals surface area contributed by atoms with Crippen LogP contribution in [0, 0.1) is 13.8 Å². The maximum absolute atomic E-state index is 13.3. The van der Waals surface area contributed by atoms with E-state index in [9.17, 15) is 4.79 Å². The Hall–Kier alpha value is -5.17. The van der Waals surface area contributed by atoms with Crippen LogP contribution < -0.4 is 18.9 Å². The van der Waals surface area contributed by atoms with Crippen LogP contribution in [0.25, 0.3) is 21.5 Å². The predicted molar refractivity (Wildman–Crippen MR) is 197 cm³/mol. The molecular formula is C43H46O7. The lowest BCUT2D eigenvalue weighted by Crippen LogP contribution is -2.02. The van der Waals surface area contributed by atoms with Gasteiger partial charge in [0.1, 0.15) is 11.5 Å². The Kier molecular flexibility index (Phi) is 12.1. The largest absolute Gasteiger partial charge is 0.494 e. The number of rotatable bonds is 20. The highest BCUT2D eigenvalue weighted by Gasteiger charge is 2.24. The molecular weight excluding hydrogens is 628 g/mol. The summed E-state index contributed by atoms with van der Waals surface area (Å²) in [6, 6.07) is 32.5. The summed E-state index contributed by atoms with van der Waals surface area (Å²) in [6.07, 6.45) is 7.84. The number of hydrogen-bond acceptors (Lipinski definition) is 7. The van der Waals surface area contributed by atoms with Crippen molar-refractivity contribution in [2.75, 3.05) is 26.4 Å². The van der Waals surface area contributed by atoms with Crippen molar-refractivity contribution in [3.05, 3.63) is 120 Å². The molecule has 0 N–H and O–H groups in total. The summed E-state index contributed by atoms with van der Waals surface area (Å²) >= 11 is 0. The Bertz CT molecular complexity index is 1840. The molecule has 0 spiro atoms. The molecule has 0 saturated heterocycles. The Morgan fingerprint density at radius 3 is 1.26 bits per heavy atom. The van der Waals surface area contributed by atoms with E-state index in [4.69, 9.17) is 27.8 Å². The lowest BCUT2D eigenvalue weighted by Gasteiger charge is -2.07. The zero-order chi connectivity index (χ0) is 34.5. The molecule has 0 bridgehead atoms. The lowest BCUT2D eigenvalue weighted by atomic mass is 10.1. The summed E-state index contributed by atoms with van der Waals surface area (Å²) in [7, 11) is 0. The van der Waals surface area contributed by atoms with Gasteiger partial charge in [0.15, 0.2) is 11.5 Å². The second kappa shape index (κ2) is 17.5. The van der Waals surface area contributed by atoms with Crippen LogP contribution in [0.1, 0.15) is 78.8 Å². The van der Waals surface area contributed by atoms with Crippen LogP contribution in [0.15, 0.2) is 106 Å². The van der Waals surface area contributed by atoms with Crippen molar-refractivity contribution in [2.24, 2.45) is 0 Å². The van der Waals surface area contributed by atoms with Crippen molar-refractivity contribution >= 4 is 27.3 Å². The number of ketones is 1. The number of furan rings is 2. The fourth-order valence-corrected chi connectivity index (χ4v) is 5.96. The molecule has 0 aliphatic carbocycles. The maximum Gasteiger partial charge on any atom is 0.285 e. The Balaban J connectivity index is 0.839. The normalized spacial score (nSPS) is 11.2. The monoisotopic (exact) mass is 674 g/mol. The third kappa shape index (κ3) is 9.50. The second-order valence-electron chi connectivity index (χ2n) is 12.7. The van der Waals surface area contributed by atoms with Gasteiger partial charge in [0.25, 0.3) is 17.7 Å². The summed E-state index contributed by atoms with van der Waals surface area (Å²) in [5.41, 5.74) is 1.41. The minimum Gasteiger partial charge on any atom is -0.494 e. The highest BCUT2D eigenvalue weighted by atomic mass is 16.6. The smallest absolute Gasteiger partial charge is 0.285 e. The van der Waals surface area contributed by atoms with Crippen LogP contribution in [0.4, 0.5) is 0 Å². The minimum atomic E-state index is -0.317. The van der Waals surface area contributed by atoms with E-state index in [1.165, 1.54) is 21.5 Å². The van der Waals surface area contributed by atoms with E-state index < -0.39 is 0 Å². The van der Waals surface area contributed by atoms with Crippen molar-refractivity contribution < 1.29 is 32.6 Å². The van der Waals surface area contributed by atoms with Gasteiger partial charge in [-0.3, -0.25) is 4.79 Å². The fraction of sp³-hybridized carbons (Fsp3) is 0.326. The van der Waals surface area contributed by atoms with Gasteiger partial charge in [-0.05, 0) is 111 Å². The first-order valence-electron chi connectivity index (χ1n) is 17.8. The Labute approximate surface area is 294 Å². The molecule has 0 aliphatic heterocycles. The van der Waals surface area contributed by atoms with Crippen LogP contribution in [-0.4, -0.2) is 32.2 Å². The molecule has 0 atom stereocenters. The van der Waals surface area contributed by atoms with Gasteiger partial charge in [-0.25, -0.2) is 0 Å². The van der Waals surface area contributed by atoms with E-state index in [1.54, 1.807) is 12.1 Å². The molecule has 4 aromatic carbocycles. The van der Waals surface area contributed by atoms with Crippen molar-refractivity contribution in [1.82, 2.24) is 0 Å². The first-order chi connectivity index (χ1) is 24.5. The maximum atomic E-state index is 13.3. The molecule has 0 radical (unpaired) electrons. The molecule has 0 aliphatic rings. The standard InChI is InChI=1S/C43H46O7/c1-31-27-39(47-25-13-5-3-11-23-45-37-21-19-33-15-7-9-17-35(33)29-37)49-42(31)41(44)43-32(2)28-40(50-43)48-26-14-6-4-12-24-46-38-22-20-34-16-8-10-18-36(34)30-38/h7-10,15-22,27-30H,3-6,11-14,23-26H2,1-2H3. The molecule has 0 amide bonds. The zero-order valence-corrected chi connectivity index (χ0v) is 29.1. The number of ether oxygens (including phenoxy) is 4. The SMILES string of the molecule is Cc1cc(OCCCCCCOc2ccc3ccccc3c2)oc1C(=O)c1oc(OCCCCCCOc2ccc3ccccc3c2)cc1C. The number of unbranched alkanes of at least 4 members (excludes halogenated alkanes) is 6. The molecule has 6 aromatic rings. The Morgan fingerprint density at radius 1 is 0.460 bits per heavy atom. The average molecular weight is 675 g/mol. The quantitative estimate of drug-likeness (QED) is 0.0589. The summed E-state index contributed by atoms with van der Waals surface area (Å²) in [6.45, 7) is 6.07. The van der Waals surface area contributed by atoms with Gasteiger partial charge in [0, 0.05) is 23.3 Å². The third-order valence-corrected chi connectivity index (χ3v) is 8.75. The van der Waals surface area contributed by atoms with E-state index >= 15 is 0 Å². The van der Waals surface area contributed by atoms with E-state index in [2.05, 4.69) is 48.5 Å². The first kappa shape index (κ1) is 34.7. The van der Waals surface area contributed by atoms with E-state index in [0.29, 0.717) is 49.4 Å². The summed E-state index contributed by atoms with van der Waals surface area (Å²) in [5.74, 6) is 2.62. The molecule has 0 saturated carbocycles. The van der Waals surface area contributed by atoms with Gasteiger partial charge in [-0.2, -0.15) is 0 Å². The van der Waals surface area contributed by atoms with Gasteiger partial charge < -0.3 is 27.8 Å². The van der Waals surface area contributed by atoms with Crippen molar-refractivity contribution in [3.8, 4) is 23.4 Å². The number of carbonyl (C=O) groups is 1. The minimum absolute atomic E-state index is 0.223. The number of aryl methyl sites for hydroxylation is 2. The third-order valence-electron chi connectivity index (χ3n) is 8.75. The van der Waals surface area contributed by atoms with E-state index in [-0.39, 0.29) is 17.3 Å². The van der Waals surface area contributed by atoms with Gasteiger partial charge in [-0.1, -0.05) is 60.7 Å². The fourth-order valence-electron chi connectivity index (χ4n) is 5.96. The van der Waals surface area contributed by atoms with Crippen LogP contribution in [0.3, 0.4) is 0 Å². The molecule has 260 valence electrons. The van der Waals surface area contributed by atoms with Crippen LogP contribution in [0.5, 0.6) is 23.4 Å². The predicted octanol–water partition coefficient (Wildman–Crippen LogP) is 11.1. The van der Waals surface area contributed by atoms with Gasteiger partial charge in [0.05, 0.1) is 26.4 Å². The Morgan fingerprint density at radius 2 is 0.840 bits per heavy atom. The number of benzene rings is 4. The van der Waals surface area contributed by atoms with Crippen molar-refractivity contribution in [1.29, 1.82) is 0 Å². The molecule has 0 unspecified atom stereocenters. The second-order valence-corrected chi connectivity index (χ2v) is 12.7. The van der Waals surface area contributed by atoms with Crippen LogP contribution >= 0.6 is 0 Å². The van der Waals surface area contributed by atoms with Crippen LogP contribution in [-0.2, 0) is 0 Å². The molecule has 7 heteroatoms. The topological polar surface area (TPSA) is 80.3 Å². The van der Waals surface area contributed by atoms with E-state index in [1.807, 2.05) is 50.2 Å². The number of fused-ring (bicyclic) bond motifs is 2. The molecule has 2 aromatic heterocycles. The zero-order valence-electron chi connectivity index (χ0n) is 29.1. The molecule has 6 rings (SSSR count). The number of hydrogen-bond donors (Lipinski definition) is 0. The first-order valence-corrected chi connectivity index (χ1v) is 17.8. The lowest BCUT2D eigenvalue weighted by molar-refractivity contribution is 0.0963. The highest BCUT2D eigenvalue weighted by Crippen LogP contribution is 2.29. The molecule has 50 heavy (non-hydrogen) atoms. The van der Waals surface area contributed by atoms with Gasteiger partial charge in [0.2, 0.25) is 0 Å². The number of carbonyl (C=O) groups excluding carboxylic acids is 1. The van der Waals surface area contributed by atoms with E-state index in [0.717, 1.165) is 62.9 Å². The summed E-state index contributed by atoms with van der Waals surface area (Å²) in [5, 5.41) is 4.80. The van der Waals surface area contributed by atoms with Crippen molar-refractivity contribution in [3.63, 3.8) is 0 Å². The van der Waals surface area contributed by atoms with Crippen molar-refractivity contribution in [2.45, 2.75) is 65.2 Å². The average Bonchev–Trinajstić information content (AvgIpc) is 3.71. The van der Waals surface area contributed by atoms with Gasteiger partial charge in [-0.15, -0.1) is 0 Å². The molecule has 0 fully saturated rings. The highest BCUT2D eigenvalue weighted by molar-refractivity contribution is 6.07. The molecule has 2 heterocycles. The molecule has 7 nitrogen and oxygen atoms in total. The summed E-state index contributed by atoms with van der Waals surface area (Å²) in [4.78, 5) is 13.3.